The molecule has 4 fully saturated rings. The smallest absolute Gasteiger partial charge is 0.338 e. The van der Waals surface area contributed by atoms with Crippen LogP contribution in [-0.4, -0.2) is 92.4 Å². The number of guanidine groups is 2. The van der Waals surface area contributed by atoms with Gasteiger partial charge in [0.1, 0.15) is 0 Å². The van der Waals surface area contributed by atoms with Crippen LogP contribution < -0.4 is 16.0 Å². The van der Waals surface area contributed by atoms with Gasteiger partial charge >= 0.3 is 5.97 Å². The number of likely N-dealkylation sites (tertiary alicyclic amines) is 1. The van der Waals surface area contributed by atoms with Gasteiger partial charge in [-0.1, -0.05) is 32.0 Å². The van der Waals surface area contributed by atoms with E-state index < -0.39 is 41.0 Å². The molecule has 0 bridgehead atoms. The number of carbonyl (C=O) groups is 3. The Morgan fingerprint density at radius 3 is 2.49 bits per heavy atom. The molecule has 13 nitrogen and oxygen atoms in total. The molecule has 186 valence electrons. The van der Waals surface area contributed by atoms with E-state index in [1.54, 1.807) is 32.0 Å². The number of carbonyl (C=O) groups excluding carboxylic acids is 3. The number of esters is 1. The summed E-state index contributed by atoms with van der Waals surface area (Å²) < 4.78 is 5.46. The van der Waals surface area contributed by atoms with E-state index in [0.717, 1.165) is 4.90 Å². The Kier molecular flexibility index (Phi) is 4.87. The van der Waals surface area contributed by atoms with Crippen LogP contribution >= 0.6 is 0 Å². The number of hydrogen-bond acceptors (Lipinski definition) is 8. The maximum absolute atomic E-state index is 12.8. The third-order valence-electron chi connectivity index (χ3n) is 7.20. The molecule has 2 unspecified atom stereocenters. The fraction of sp³-hybridized carbons (Fsp3) is 0.500. The zero-order valence-electron chi connectivity index (χ0n) is 19.2. The van der Waals surface area contributed by atoms with Gasteiger partial charge in [-0.3, -0.25) is 25.3 Å². The van der Waals surface area contributed by atoms with Crippen molar-refractivity contribution in [2.45, 2.75) is 49.9 Å². The molecule has 5 rings (SSSR count). The lowest BCUT2D eigenvalue weighted by Gasteiger charge is -2.51. The predicted octanol–water partition coefficient (Wildman–Crippen LogP) is -1.91. The molecule has 4 saturated heterocycles. The number of ether oxygens (including phenoxy) is 1. The lowest BCUT2D eigenvalue weighted by molar-refractivity contribution is -0.258. The van der Waals surface area contributed by atoms with Gasteiger partial charge in [-0.2, -0.15) is 0 Å². The monoisotopic (exact) mass is 485 g/mol. The second-order valence-electron chi connectivity index (χ2n) is 9.95. The summed E-state index contributed by atoms with van der Waals surface area (Å²) in [5, 5.41) is 47.9. The maximum Gasteiger partial charge on any atom is 0.338 e. The van der Waals surface area contributed by atoms with Crippen molar-refractivity contribution >= 4 is 29.7 Å². The zero-order valence-corrected chi connectivity index (χ0v) is 19.2. The standard InChI is InChI=1S/C22H27N7O6/c1-20(2)8-14(30)28(17(20)32)9-12-15-21(27-18(23)26-15)22(33,34)13(10-29(21)19(24)25-12)35-16(31)11-6-4-3-5-7-11/h3-7,12-13,15,33-34H,8-10H2,1-2H3,(H2,24,25)(H3,23,26,27)/t12?,13?,15-,21-/m0/s1. The number of aliphatic hydroxyl groups is 2. The third-order valence-corrected chi connectivity index (χ3v) is 7.20. The summed E-state index contributed by atoms with van der Waals surface area (Å²) >= 11 is 0. The molecular formula is C22H27N7O6. The first-order valence-electron chi connectivity index (χ1n) is 11.2. The van der Waals surface area contributed by atoms with Crippen LogP contribution in [0.2, 0.25) is 0 Å². The summed E-state index contributed by atoms with van der Waals surface area (Å²) in [5.41, 5.74) is -2.52. The third kappa shape index (κ3) is 3.18. The summed E-state index contributed by atoms with van der Waals surface area (Å²) in [7, 11) is 0. The van der Waals surface area contributed by atoms with Gasteiger partial charge in [-0.15, -0.1) is 0 Å². The van der Waals surface area contributed by atoms with Gasteiger partial charge in [0.2, 0.25) is 17.6 Å². The number of benzene rings is 1. The molecule has 2 amide bonds. The molecule has 1 aromatic rings. The highest BCUT2D eigenvalue weighted by Crippen LogP contribution is 2.44. The Morgan fingerprint density at radius 1 is 1.17 bits per heavy atom. The summed E-state index contributed by atoms with van der Waals surface area (Å²) in [6.45, 7) is 2.94. The van der Waals surface area contributed by atoms with Gasteiger partial charge in [-0.25, -0.2) is 4.79 Å². The van der Waals surface area contributed by atoms with Crippen molar-refractivity contribution < 1.29 is 29.3 Å². The second-order valence-corrected chi connectivity index (χ2v) is 9.95. The van der Waals surface area contributed by atoms with Crippen LogP contribution in [0.1, 0.15) is 30.6 Å². The first kappa shape index (κ1) is 23.1. The van der Waals surface area contributed by atoms with Crippen LogP contribution in [0.25, 0.3) is 0 Å². The topological polar surface area (TPSA) is 191 Å². The second kappa shape index (κ2) is 7.39. The van der Waals surface area contributed by atoms with E-state index in [9.17, 15) is 24.6 Å². The summed E-state index contributed by atoms with van der Waals surface area (Å²) in [6, 6.07) is 6.23. The minimum absolute atomic E-state index is 0.0425. The number of amides is 2. The fourth-order valence-electron chi connectivity index (χ4n) is 5.45. The number of rotatable bonds is 4. The molecule has 4 aliphatic heterocycles. The van der Waals surface area contributed by atoms with E-state index in [4.69, 9.17) is 15.6 Å². The Hall–Kier alpha value is -3.71. The Bertz CT molecular complexity index is 1140. The number of imide groups is 1. The van der Waals surface area contributed by atoms with Gasteiger partial charge < -0.3 is 35.8 Å². The van der Waals surface area contributed by atoms with Gasteiger partial charge in [0.15, 0.2) is 23.7 Å². The van der Waals surface area contributed by atoms with Crippen LogP contribution in [0, 0.1) is 16.2 Å². The van der Waals surface area contributed by atoms with Crippen LogP contribution in [0.15, 0.2) is 30.3 Å². The molecular weight excluding hydrogens is 458 g/mol. The molecule has 7 N–H and O–H groups in total. The van der Waals surface area contributed by atoms with Crippen molar-refractivity contribution in [1.29, 1.82) is 10.8 Å². The Morgan fingerprint density at radius 2 is 1.86 bits per heavy atom. The predicted molar refractivity (Wildman–Crippen MR) is 120 cm³/mol. The zero-order chi connectivity index (χ0) is 25.3. The molecule has 0 radical (unpaired) electrons. The molecule has 1 aromatic carbocycles. The van der Waals surface area contributed by atoms with Crippen molar-refractivity contribution in [2.75, 3.05) is 13.1 Å². The summed E-state index contributed by atoms with van der Waals surface area (Å²) in [6.07, 6.45) is -1.44. The van der Waals surface area contributed by atoms with E-state index in [1.807, 2.05) is 0 Å². The molecule has 35 heavy (non-hydrogen) atoms. The van der Waals surface area contributed by atoms with Gasteiger partial charge in [-0.05, 0) is 12.1 Å². The average molecular weight is 486 g/mol. The van der Waals surface area contributed by atoms with Gasteiger partial charge in [0, 0.05) is 6.42 Å². The molecule has 4 atom stereocenters. The first-order valence-corrected chi connectivity index (χ1v) is 11.2. The number of nitrogens with zero attached hydrogens (tertiary/aromatic N) is 2. The van der Waals surface area contributed by atoms with Crippen molar-refractivity contribution in [2.24, 2.45) is 5.41 Å². The van der Waals surface area contributed by atoms with E-state index in [1.165, 1.54) is 17.0 Å². The lowest BCUT2D eigenvalue weighted by Crippen LogP contribution is -2.81. The highest BCUT2D eigenvalue weighted by atomic mass is 16.6. The van der Waals surface area contributed by atoms with Gasteiger partial charge in [0.05, 0.1) is 36.2 Å². The van der Waals surface area contributed by atoms with E-state index in [-0.39, 0.29) is 48.8 Å². The number of hydrogen-bond donors (Lipinski definition) is 7. The molecule has 13 heteroatoms. The molecule has 0 aromatic heterocycles. The minimum Gasteiger partial charge on any atom is -0.451 e. The van der Waals surface area contributed by atoms with Gasteiger partial charge in [0.25, 0.3) is 0 Å². The highest BCUT2D eigenvalue weighted by molar-refractivity contribution is 6.05. The largest absolute Gasteiger partial charge is 0.451 e. The maximum atomic E-state index is 12.8. The summed E-state index contributed by atoms with van der Waals surface area (Å²) in [4.78, 5) is 40.4. The van der Waals surface area contributed by atoms with E-state index >= 15 is 0 Å². The molecule has 0 saturated carbocycles. The van der Waals surface area contributed by atoms with E-state index in [0.29, 0.717) is 0 Å². The Balaban J connectivity index is 1.46. The molecule has 1 spiro atoms. The highest BCUT2D eigenvalue weighted by Gasteiger charge is 2.75. The van der Waals surface area contributed by atoms with Crippen molar-refractivity contribution in [1.82, 2.24) is 25.8 Å². The van der Waals surface area contributed by atoms with E-state index in [2.05, 4.69) is 16.0 Å². The van der Waals surface area contributed by atoms with Crippen molar-refractivity contribution in [3.05, 3.63) is 35.9 Å². The SMILES string of the molecule is CC1(C)CC(=O)N(CC2NC(=N)N3CC(OC(=O)c4ccccc4)C(O)(O)[C@@]34NC(=N)N[C@@H]24)C1=O. The Labute approximate surface area is 200 Å². The molecule has 4 aliphatic rings. The summed E-state index contributed by atoms with van der Waals surface area (Å²) in [5.74, 6) is -4.74. The quantitative estimate of drug-likeness (QED) is 0.144. The van der Waals surface area contributed by atoms with Crippen molar-refractivity contribution in [3.63, 3.8) is 0 Å². The fourth-order valence-corrected chi connectivity index (χ4v) is 5.45. The lowest BCUT2D eigenvalue weighted by atomic mass is 9.85. The number of nitrogens with one attached hydrogen (secondary N) is 5. The molecule has 4 heterocycles. The first-order chi connectivity index (χ1) is 16.4. The minimum atomic E-state index is -2.75. The average Bonchev–Trinajstić information content (AvgIpc) is 3.33. The van der Waals surface area contributed by atoms with Crippen LogP contribution in [-0.2, 0) is 14.3 Å². The normalized spacial score (nSPS) is 32.5. The van der Waals surface area contributed by atoms with Crippen LogP contribution in [0.5, 0.6) is 0 Å². The van der Waals surface area contributed by atoms with Crippen molar-refractivity contribution in [3.8, 4) is 0 Å². The van der Waals surface area contributed by atoms with Crippen LogP contribution in [0.3, 0.4) is 0 Å². The molecule has 0 aliphatic carbocycles. The van der Waals surface area contributed by atoms with Crippen LogP contribution in [0.4, 0.5) is 0 Å².